The third-order valence-corrected chi connectivity index (χ3v) is 1.28. The second kappa shape index (κ2) is 4.34. The van der Waals surface area contributed by atoms with Gasteiger partial charge < -0.3 is 0 Å². The molecule has 0 aliphatic heterocycles. The highest BCUT2D eigenvalue weighted by Gasteiger charge is 1.78. The average Bonchev–Trinajstić information content (AvgIpc) is 2.07. The van der Waals surface area contributed by atoms with E-state index >= 15 is 0 Å². The number of benzene rings is 1. The van der Waals surface area contributed by atoms with Gasteiger partial charge in [-0.15, -0.1) is 0 Å². The smallest absolute Gasteiger partial charge is 0.142 e. The SMILES string of the molecule is [O]/C=C/C=C/c1ccccc1. The molecule has 1 nitrogen and oxygen atoms in total. The maximum Gasteiger partial charge on any atom is 0.142 e. The van der Waals surface area contributed by atoms with E-state index in [1.54, 1.807) is 6.08 Å². The lowest BCUT2D eigenvalue weighted by Gasteiger charge is -1.87. The summed E-state index contributed by atoms with van der Waals surface area (Å²) in [6.07, 6.45) is 5.84. The van der Waals surface area contributed by atoms with Gasteiger partial charge in [-0.1, -0.05) is 42.5 Å². The molecular formula is C10H9O. The van der Waals surface area contributed by atoms with E-state index in [0.29, 0.717) is 0 Å². The second-order valence-electron chi connectivity index (χ2n) is 2.10. The molecule has 1 heteroatoms. The molecule has 0 heterocycles. The van der Waals surface area contributed by atoms with Crippen molar-refractivity contribution in [3.8, 4) is 0 Å². The van der Waals surface area contributed by atoms with Gasteiger partial charge in [-0.25, -0.2) is 0 Å². The summed E-state index contributed by atoms with van der Waals surface area (Å²) in [6, 6.07) is 9.84. The maximum absolute atomic E-state index is 9.89. The fraction of sp³-hybridized carbons (Fsp3) is 0. The van der Waals surface area contributed by atoms with Crippen molar-refractivity contribution in [3.63, 3.8) is 0 Å². The summed E-state index contributed by atoms with van der Waals surface area (Å²) in [5.41, 5.74) is 1.10. The molecule has 0 atom stereocenters. The second-order valence-corrected chi connectivity index (χ2v) is 2.10. The van der Waals surface area contributed by atoms with Crippen LogP contribution in [0.5, 0.6) is 0 Å². The number of rotatable bonds is 2. The zero-order valence-corrected chi connectivity index (χ0v) is 6.10. The Morgan fingerprint density at radius 3 is 2.36 bits per heavy atom. The molecule has 0 aliphatic rings. The molecule has 0 saturated carbocycles. The Kier molecular flexibility index (Phi) is 3.00. The lowest BCUT2D eigenvalue weighted by molar-refractivity contribution is 0.352. The highest BCUT2D eigenvalue weighted by molar-refractivity contribution is 5.50. The van der Waals surface area contributed by atoms with Crippen molar-refractivity contribution in [2.24, 2.45) is 0 Å². The van der Waals surface area contributed by atoms with E-state index in [4.69, 9.17) is 0 Å². The van der Waals surface area contributed by atoms with Crippen LogP contribution in [0.1, 0.15) is 5.56 Å². The number of allylic oxidation sites excluding steroid dienone is 2. The quantitative estimate of drug-likeness (QED) is 0.450. The van der Waals surface area contributed by atoms with Crippen LogP contribution < -0.4 is 0 Å². The van der Waals surface area contributed by atoms with Gasteiger partial charge in [0.15, 0.2) is 0 Å². The minimum Gasteiger partial charge on any atom is -0.299 e. The van der Waals surface area contributed by atoms with Crippen LogP contribution >= 0.6 is 0 Å². The van der Waals surface area contributed by atoms with Crippen LogP contribution in [0.2, 0.25) is 0 Å². The molecule has 0 aliphatic carbocycles. The van der Waals surface area contributed by atoms with Gasteiger partial charge in [0.1, 0.15) is 6.26 Å². The zero-order valence-electron chi connectivity index (χ0n) is 6.10. The molecule has 0 aromatic heterocycles. The third kappa shape index (κ3) is 2.72. The summed E-state index contributed by atoms with van der Waals surface area (Å²) in [4.78, 5) is 0. The van der Waals surface area contributed by atoms with E-state index in [1.165, 1.54) is 6.08 Å². The monoisotopic (exact) mass is 145 g/mol. The minimum atomic E-state index is 0.763. The van der Waals surface area contributed by atoms with E-state index in [1.807, 2.05) is 36.4 Å². The Morgan fingerprint density at radius 1 is 1.00 bits per heavy atom. The van der Waals surface area contributed by atoms with Crippen LogP contribution in [-0.4, -0.2) is 0 Å². The topological polar surface area (TPSA) is 19.9 Å². The molecule has 1 radical (unpaired) electrons. The molecule has 0 amide bonds. The average molecular weight is 145 g/mol. The number of hydrogen-bond donors (Lipinski definition) is 0. The predicted molar refractivity (Wildman–Crippen MR) is 45.3 cm³/mol. The van der Waals surface area contributed by atoms with Crippen molar-refractivity contribution in [2.75, 3.05) is 0 Å². The van der Waals surface area contributed by atoms with E-state index in [-0.39, 0.29) is 0 Å². The van der Waals surface area contributed by atoms with Crippen LogP contribution in [0.15, 0.2) is 48.7 Å². The predicted octanol–water partition coefficient (Wildman–Crippen LogP) is 2.64. The molecule has 1 aromatic rings. The zero-order chi connectivity index (χ0) is 7.94. The molecule has 0 fully saturated rings. The van der Waals surface area contributed by atoms with Gasteiger partial charge in [0.05, 0.1) is 0 Å². The Balaban J connectivity index is 2.64. The van der Waals surface area contributed by atoms with Gasteiger partial charge >= 0.3 is 0 Å². The molecular weight excluding hydrogens is 136 g/mol. The largest absolute Gasteiger partial charge is 0.299 e. The summed E-state index contributed by atoms with van der Waals surface area (Å²) in [6.45, 7) is 0. The maximum atomic E-state index is 9.89. The normalized spacial score (nSPS) is 11.3. The van der Waals surface area contributed by atoms with E-state index < -0.39 is 0 Å². The molecule has 0 unspecified atom stereocenters. The van der Waals surface area contributed by atoms with Gasteiger partial charge in [0, 0.05) is 0 Å². The summed E-state index contributed by atoms with van der Waals surface area (Å²) >= 11 is 0. The molecule has 1 rings (SSSR count). The van der Waals surface area contributed by atoms with Crippen LogP contribution in [-0.2, 0) is 5.11 Å². The fourth-order valence-electron chi connectivity index (χ4n) is 0.776. The van der Waals surface area contributed by atoms with E-state index in [0.717, 1.165) is 11.8 Å². The lowest BCUT2D eigenvalue weighted by atomic mass is 10.2. The Morgan fingerprint density at radius 2 is 1.73 bits per heavy atom. The van der Waals surface area contributed by atoms with Crippen molar-refractivity contribution in [3.05, 3.63) is 54.3 Å². The number of hydrogen-bond acceptors (Lipinski definition) is 0. The minimum absolute atomic E-state index is 0.763. The van der Waals surface area contributed by atoms with Crippen molar-refractivity contribution < 1.29 is 5.11 Å². The molecule has 0 N–H and O–H groups in total. The molecule has 0 bridgehead atoms. The van der Waals surface area contributed by atoms with E-state index in [9.17, 15) is 5.11 Å². The Hall–Kier alpha value is -1.50. The first kappa shape index (κ1) is 7.61. The first-order valence-electron chi connectivity index (χ1n) is 3.44. The van der Waals surface area contributed by atoms with Crippen molar-refractivity contribution in [1.82, 2.24) is 0 Å². The summed E-state index contributed by atoms with van der Waals surface area (Å²) < 4.78 is 0. The van der Waals surface area contributed by atoms with Gasteiger partial charge in [-0.05, 0) is 11.6 Å². The third-order valence-electron chi connectivity index (χ3n) is 1.28. The molecule has 11 heavy (non-hydrogen) atoms. The summed E-state index contributed by atoms with van der Waals surface area (Å²) in [5.74, 6) is 0. The summed E-state index contributed by atoms with van der Waals surface area (Å²) in [5, 5.41) is 9.89. The molecule has 55 valence electrons. The summed E-state index contributed by atoms with van der Waals surface area (Å²) in [7, 11) is 0. The van der Waals surface area contributed by atoms with Gasteiger partial charge in [0.2, 0.25) is 0 Å². The van der Waals surface area contributed by atoms with Crippen LogP contribution in [0.3, 0.4) is 0 Å². The molecule has 0 spiro atoms. The molecule has 0 saturated heterocycles. The van der Waals surface area contributed by atoms with Gasteiger partial charge in [-0.3, -0.25) is 5.11 Å². The first-order valence-corrected chi connectivity index (χ1v) is 3.44. The van der Waals surface area contributed by atoms with Gasteiger partial charge in [0.25, 0.3) is 0 Å². The van der Waals surface area contributed by atoms with Crippen molar-refractivity contribution in [2.45, 2.75) is 0 Å². The van der Waals surface area contributed by atoms with Gasteiger partial charge in [-0.2, -0.15) is 0 Å². The Bertz CT molecular complexity index is 247. The highest BCUT2D eigenvalue weighted by Crippen LogP contribution is 2.00. The van der Waals surface area contributed by atoms with E-state index in [2.05, 4.69) is 0 Å². The highest BCUT2D eigenvalue weighted by atomic mass is 16.2. The van der Waals surface area contributed by atoms with Crippen molar-refractivity contribution in [1.29, 1.82) is 0 Å². The van der Waals surface area contributed by atoms with Crippen LogP contribution in [0.4, 0.5) is 0 Å². The standard InChI is InChI=1S/C10H9O/c11-9-5-4-8-10-6-2-1-3-7-10/h1-9H/b8-4+,9-5+. The lowest BCUT2D eigenvalue weighted by Crippen LogP contribution is -1.66. The van der Waals surface area contributed by atoms with Crippen LogP contribution in [0, 0.1) is 0 Å². The molecule has 1 aromatic carbocycles. The Labute approximate surface area is 66.3 Å². The van der Waals surface area contributed by atoms with Crippen LogP contribution in [0.25, 0.3) is 6.08 Å². The van der Waals surface area contributed by atoms with Crippen molar-refractivity contribution >= 4 is 6.08 Å². The first-order chi connectivity index (χ1) is 5.43. The fourth-order valence-corrected chi connectivity index (χ4v) is 0.776.